The molecule has 0 radical (unpaired) electrons. The Morgan fingerprint density at radius 2 is 1.90 bits per heavy atom. The van der Waals surface area contributed by atoms with Crippen LogP contribution in [0.4, 0.5) is 23.2 Å². The van der Waals surface area contributed by atoms with E-state index >= 15 is 0 Å². The summed E-state index contributed by atoms with van der Waals surface area (Å²) in [5.41, 5.74) is 4.54. The Labute approximate surface area is 177 Å². The molecule has 1 unspecified atom stereocenters. The lowest BCUT2D eigenvalue weighted by Crippen LogP contribution is -2.32. The van der Waals surface area contributed by atoms with Gasteiger partial charge >= 0.3 is 18.1 Å². The summed E-state index contributed by atoms with van der Waals surface area (Å²) in [6.07, 6.45) is -2.59. The van der Waals surface area contributed by atoms with Crippen molar-refractivity contribution in [2.75, 3.05) is 18.0 Å². The van der Waals surface area contributed by atoms with E-state index in [1.807, 2.05) is 0 Å². The Balaban J connectivity index is 1.87. The van der Waals surface area contributed by atoms with Crippen molar-refractivity contribution in [1.82, 2.24) is 4.40 Å². The van der Waals surface area contributed by atoms with Crippen molar-refractivity contribution in [3.05, 3.63) is 44.6 Å². The summed E-state index contributed by atoms with van der Waals surface area (Å²) in [5, 5.41) is -0.0561. The first-order chi connectivity index (χ1) is 14.5. The molecule has 1 saturated carbocycles. The lowest BCUT2D eigenvalue weighted by molar-refractivity contribution is -0.193. The summed E-state index contributed by atoms with van der Waals surface area (Å²) in [7, 11) is 0. The van der Waals surface area contributed by atoms with E-state index < -0.39 is 35.1 Å². The quantitative estimate of drug-likeness (QED) is 0.429. The zero-order valence-corrected chi connectivity index (χ0v) is 16.6. The normalized spacial score (nSPS) is 19.2. The van der Waals surface area contributed by atoms with Crippen LogP contribution in [-0.2, 0) is 9.53 Å². The summed E-state index contributed by atoms with van der Waals surface area (Å²) in [6, 6.07) is 0.907. The molecule has 2 N–H and O–H groups in total. The number of nitrogens with two attached hydrogens (primary N) is 1. The van der Waals surface area contributed by atoms with Crippen molar-refractivity contribution in [3.63, 3.8) is 0 Å². The third kappa shape index (κ3) is 3.87. The molecule has 0 amide bonds. The van der Waals surface area contributed by atoms with Gasteiger partial charge in [0.1, 0.15) is 5.56 Å². The number of anilines is 1. The number of carbonyl (C=O) groups excluding carboxylic acids is 2. The van der Waals surface area contributed by atoms with Crippen LogP contribution >= 0.6 is 11.6 Å². The van der Waals surface area contributed by atoms with Gasteiger partial charge in [0.2, 0.25) is 0 Å². The molecule has 2 aliphatic rings. The number of rotatable bonds is 3. The summed E-state index contributed by atoms with van der Waals surface area (Å²) in [4.78, 5) is 37.6. The SMILES string of the molecule is NC1CCN(c2c(F)cn3c(=O)c(C(=O)OC(=O)C(F)(F)F)cc(C4CC4)c3c2Cl)C1. The van der Waals surface area contributed by atoms with Crippen LogP contribution < -0.4 is 16.2 Å². The van der Waals surface area contributed by atoms with E-state index in [1.54, 1.807) is 4.90 Å². The van der Waals surface area contributed by atoms with Gasteiger partial charge in [-0.25, -0.2) is 14.0 Å². The van der Waals surface area contributed by atoms with Gasteiger partial charge in [0.25, 0.3) is 5.56 Å². The van der Waals surface area contributed by atoms with E-state index in [2.05, 4.69) is 4.74 Å². The number of nitrogens with zero attached hydrogens (tertiary/aromatic N) is 2. The first-order valence-corrected chi connectivity index (χ1v) is 9.78. The number of hydrogen-bond acceptors (Lipinski definition) is 6. The predicted molar refractivity (Wildman–Crippen MR) is 102 cm³/mol. The number of halogens is 5. The maximum absolute atomic E-state index is 14.9. The molecule has 1 aliphatic carbocycles. The minimum absolute atomic E-state index is 0.0561. The molecule has 7 nitrogen and oxygen atoms in total. The van der Waals surface area contributed by atoms with Crippen LogP contribution in [-0.4, -0.2) is 41.6 Å². The first kappa shape index (κ1) is 21.6. The van der Waals surface area contributed by atoms with Crippen molar-refractivity contribution < 1.29 is 31.9 Å². The Morgan fingerprint density at radius 3 is 2.45 bits per heavy atom. The van der Waals surface area contributed by atoms with Crippen LogP contribution in [0.1, 0.15) is 41.1 Å². The van der Waals surface area contributed by atoms with E-state index in [0.29, 0.717) is 37.9 Å². The van der Waals surface area contributed by atoms with E-state index in [4.69, 9.17) is 17.3 Å². The molecule has 2 aromatic rings. The summed E-state index contributed by atoms with van der Waals surface area (Å²) >= 11 is 6.50. The molecule has 1 aliphatic heterocycles. The van der Waals surface area contributed by atoms with Crippen LogP contribution in [0, 0.1) is 5.82 Å². The summed E-state index contributed by atoms with van der Waals surface area (Å²) in [5.74, 6) is -5.50. The Bertz CT molecular complexity index is 1160. The standard InChI is InChI=1S/C19H16ClF4N3O4/c20-13-14-10(8-1-2-8)5-11(17(29)31-18(30)19(22,23)24)16(28)27(14)7-12(21)15(13)26-4-3-9(25)6-26/h5,7-9H,1-4,6,25H2. The zero-order chi connectivity index (χ0) is 22.7. The molecule has 1 saturated heterocycles. The van der Waals surface area contributed by atoms with E-state index in [0.717, 1.165) is 16.7 Å². The van der Waals surface area contributed by atoms with Gasteiger partial charge in [-0.05, 0) is 36.8 Å². The molecule has 0 bridgehead atoms. The maximum Gasteiger partial charge on any atom is 0.491 e. The van der Waals surface area contributed by atoms with Gasteiger partial charge in [0, 0.05) is 19.1 Å². The summed E-state index contributed by atoms with van der Waals surface area (Å²) < 4.78 is 56.8. The largest absolute Gasteiger partial charge is 0.491 e. The maximum atomic E-state index is 14.9. The van der Waals surface area contributed by atoms with Crippen LogP contribution in [0.15, 0.2) is 17.1 Å². The number of esters is 2. The second-order valence-electron chi connectivity index (χ2n) is 7.62. The number of ether oxygens (including phenoxy) is 1. The van der Waals surface area contributed by atoms with Crippen molar-refractivity contribution in [2.45, 2.75) is 37.4 Å². The molecule has 0 spiro atoms. The topological polar surface area (TPSA) is 94.1 Å². The molecule has 12 heteroatoms. The van der Waals surface area contributed by atoms with E-state index in [-0.39, 0.29) is 28.2 Å². The van der Waals surface area contributed by atoms with Gasteiger partial charge in [0.15, 0.2) is 5.82 Å². The monoisotopic (exact) mass is 461 g/mol. The predicted octanol–water partition coefficient (Wildman–Crippen LogP) is 2.75. The Morgan fingerprint density at radius 1 is 1.23 bits per heavy atom. The fourth-order valence-electron chi connectivity index (χ4n) is 3.73. The molecule has 166 valence electrons. The molecule has 4 rings (SSSR count). The van der Waals surface area contributed by atoms with Crippen LogP contribution in [0.2, 0.25) is 5.02 Å². The fraction of sp³-hybridized carbons (Fsp3) is 0.421. The van der Waals surface area contributed by atoms with Gasteiger partial charge in [0.05, 0.1) is 22.4 Å². The molecule has 2 aromatic heterocycles. The Kier molecular flexibility index (Phi) is 5.21. The third-order valence-electron chi connectivity index (χ3n) is 5.34. The minimum atomic E-state index is -5.41. The van der Waals surface area contributed by atoms with Crippen molar-refractivity contribution in [1.29, 1.82) is 0 Å². The number of aromatic nitrogens is 1. The Hall–Kier alpha value is -2.66. The first-order valence-electron chi connectivity index (χ1n) is 9.40. The second-order valence-corrected chi connectivity index (χ2v) is 8.00. The smallest absolute Gasteiger partial charge is 0.382 e. The van der Waals surface area contributed by atoms with Gasteiger partial charge in [-0.15, -0.1) is 0 Å². The van der Waals surface area contributed by atoms with Crippen molar-refractivity contribution in [3.8, 4) is 0 Å². The highest BCUT2D eigenvalue weighted by atomic mass is 35.5. The lowest BCUT2D eigenvalue weighted by Gasteiger charge is -2.22. The van der Waals surface area contributed by atoms with Crippen LogP contribution in [0.25, 0.3) is 5.52 Å². The van der Waals surface area contributed by atoms with Crippen LogP contribution in [0.5, 0.6) is 0 Å². The molecule has 31 heavy (non-hydrogen) atoms. The number of pyridine rings is 2. The molecule has 0 aromatic carbocycles. The van der Waals surface area contributed by atoms with Crippen LogP contribution in [0.3, 0.4) is 0 Å². The lowest BCUT2D eigenvalue weighted by atomic mass is 10.1. The van der Waals surface area contributed by atoms with Gasteiger partial charge < -0.3 is 15.4 Å². The zero-order valence-electron chi connectivity index (χ0n) is 15.8. The third-order valence-corrected chi connectivity index (χ3v) is 5.70. The van der Waals surface area contributed by atoms with E-state index in [1.165, 1.54) is 0 Å². The fourth-order valence-corrected chi connectivity index (χ4v) is 4.14. The van der Waals surface area contributed by atoms with Gasteiger partial charge in [-0.3, -0.25) is 9.20 Å². The molecule has 3 heterocycles. The number of fused-ring (bicyclic) bond motifs is 1. The van der Waals surface area contributed by atoms with Crippen molar-refractivity contribution >= 4 is 34.7 Å². The summed E-state index contributed by atoms with van der Waals surface area (Å²) in [6.45, 7) is 0.820. The van der Waals surface area contributed by atoms with E-state index in [9.17, 15) is 31.9 Å². The van der Waals surface area contributed by atoms with Gasteiger partial charge in [-0.1, -0.05) is 11.6 Å². The molecule has 1 atom stereocenters. The highest BCUT2D eigenvalue weighted by Crippen LogP contribution is 2.45. The second kappa shape index (κ2) is 7.49. The number of alkyl halides is 3. The highest BCUT2D eigenvalue weighted by Gasteiger charge is 2.43. The molecular formula is C19H16ClF4N3O4. The highest BCUT2D eigenvalue weighted by molar-refractivity contribution is 6.36. The average Bonchev–Trinajstić information content (AvgIpc) is 3.43. The van der Waals surface area contributed by atoms with Crippen molar-refractivity contribution in [2.24, 2.45) is 5.73 Å². The molecule has 2 fully saturated rings. The molecular weight excluding hydrogens is 446 g/mol. The number of carbonyl (C=O) groups is 2. The van der Waals surface area contributed by atoms with Gasteiger partial charge in [-0.2, -0.15) is 13.2 Å². The average molecular weight is 462 g/mol. The minimum Gasteiger partial charge on any atom is -0.382 e. The number of hydrogen-bond donors (Lipinski definition) is 1.